The monoisotopic (exact) mass is 492 g/mol. The van der Waals surface area contributed by atoms with Crippen molar-refractivity contribution in [3.05, 3.63) is 72.4 Å². The van der Waals surface area contributed by atoms with Gasteiger partial charge in [0, 0.05) is 45.5 Å². The van der Waals surface area contributed by atoms with Crippen LogP contribution in [0.25, 0.3) is 0 Å². The van der Waals surface area contributed by atoms with E-state index in [1.165, 1.54) is 0 Å². The molecule has 1 aliphatic heterocycles. The molecule has 1 atom stereocenters. The number of β-amino-alcohol motifs (C(OH)–C–C–N with tert-alkyl or cyclic N) is 1. The third-order valence-corrected chi connectivity index (χ3v) is 6.06. The Morgan fingerprint density at radius 1 is 0.944 bits per heavy atom. The number of amides is 1. The van der Waals surface area contributed by atoms with E-state index < -0.39 is 6.10 Å². The summed E-state index contributed by atoms with van der Waals surface area (Å²) in [6.45, 7) is 3.87. The van der Waals surface area contributed by atoms with E-state index in [9.17, 15) is 9.90 Å². The Labute approximate surface area is 211 Å². The number of rotatable bonds is 10. The number of nitrogens with zero attached hydrogens (tertiary/aromatic N) is 3. The molecule has 9 nitrogen and oxygen atoms in total. The number of aromatic nitrogens is 1. The van der Waals surface area contributed by atoms with E-state index >= 15 is 0 Å². The van der Waals surface area contributed by atoms with Crippen LogP contribution in [0, 0.1) is 0 Å². The summed E-state index contributed by atoms with van der Waals surface area (Å²) in [5, 5.41) is 13.4. The van der Waals surface area contributed by atoms with Crippen LogP contribution in [-0.4, -0.2) is 80.5 Å². The molecule has 0 aliphatic carbocycles. The predicted molar refractivity (Wildman–Crippen MR) is 137 cm³/mol. The molecule has 0 bridgehead atoms. The molecule has 2 N–H and O–H groups in total. The van der Waals surface area contributed by atoms with Gasteiger partial charge < -0.3 is 29.5 Å². The highest BCUT2D eigenvalue weighted by Crippen LogP contribution is 2.31. The van der Waals surface area contributed by atoms with Crippen LogP contribution >= 0.6 is 0 Å². The van der Waals surface area contributed by atoms with Crippen molar-refractivity contribution < 1.29 is 24.1 Å². The number of anilines is 1. The first-order valence-electron chi connectivity index (χ1n) is 11.9. The van der Waals surface area contributed by atoms with E-state index in [4.69, 9.17) is 14.2 Å². The van der Waals surface area contributed by atoms with E-state index in [1.54, 1.807) is 44.7 Å². The zero-order chi connectivity index (χ0) is 25.3. The molecule has 2 heterocycles. The summed E-state index contributed by atoms with van der Waals surface area (Å²) < 4.78 is 16.7. The Morgan fingerprint density at radius 2 is 1.61 bits per heavy atom. The fourth-order valence-corrected chi connectivity index (χ4v) is 4.18. The minimum Gasteiger partial charge on any atom is -0.495 e. The number of nitrogens with one attached hydrogen (secondary N) is 1. The lowest BCUT2D eigenvalue weighted by Gasteiger charge is -2.37. The fraction of sp³-hybridized carbons (Fsp3) is 0.333. The van der Waals surface area contributed by atoms with E-state index in [0.29, 0.717) is 18.0 Å². The normalized spacial score (nSPS) is 14.7. The summed E-state index contributed by atoms with van der Waals surface area (Å²) in [4.78, 5) is 21.6. The van der Waals surface area contributed by atoms with Gasteiger partial charge in [-0.1, -0.05) is 24.3 Å². The topological polar surface area (TPSA) is 96.4 Å². The first-order chi connectivity index (χ1) is 17.6. The second-order valence-corrected chi connectivity index (χ2v) is 8.43. The maximum Gasteiger partial charge on any atom is 0.256 e. The van der Waals surface area contributed by atoms with Gasteiger partial charge in [0.2, 0.25) is 5.88 Å². The van der Waals surface area contributed by atoms with Gasteiger partial charge in [-0.25, -0.2) is 4.98 Å². The molecular formula is C27H32N4O5. The number of para-hydroxylation sites is 4. The van der Waals surface area contributed by atoms with Gasteiger partial charge >= 0.3 is 0 Å². The van der Waals surface area contributed by atoms with Crippen molar-refractivity contribution in [2.75, 3.05) is 58.4 Å². The Balaban J connectivity index is 1.28. The summed E-state index contributed by atoms with van der Waals surface area (Å²) in [5.74, 6) is 1.66. The molecule has 9 heteroatoms. The molecule has 0 spiro atoms. The van der Waals surface area contributed by atoms with Crippen LogP contribution in [0.5, 0.6) is 23.1 Å². The van der Waals surface area contributed by atoms with Gasteiger partial charge in [0.15, 0.2) is 11.5 Å². The molecule has 3 aromatic rings. The highest BCUT2D eigenvalue weighted by molar-refractivity contribution is 5.96. The molecule has 0 radical (unpaired) electrons. The maximum absolute atomic E-state index is 12.9. The molecule has 2 aromatic carbocycles. The SMILES string of the molecule is COc1ccccc1Oc1ncccc1C(=O)NCC(O)CN1CCN(c2ccccc2OC)CC1. The molecule has 0 saturated carbocycles. The number of hydrogen-bond acceptors (Lipinski definition) is 8. The Morgan fingerprint density at radius 3 is 2.33 bits per heavy atom. The molecule has 4 rings (SSSR count). The van der Waals surface area contributed by atoms with Crippen LogP contribution in [0.4, 0.5) is 5.69 Å². The van der Waals surface area contributed by atoms with Gasteiger partial charge in [-0.2, -0.15) is 0 Å². The fourth-order valence-electron chi connectivity index (χ4n) is 4.18. The lowest BCUT2D eigenvalue weighted by Crippen LogP contribution is -2.50. The van der Waals surface area contributed by atoms with E-state index in [2.05, 4.69) is 26.2 Å². The lowest BCUT2D eigenvalue weighted by molar-refractivity contribution is 0.0849. The van der Waals surface area contributed by atoms with Crippen molar-refractivity contribution in [2.24, 2.45) is 0 Å². The molecule has 1 aromatic heterocycles. The Bertz CT molecular complexity index is 1150. The van der Waals surface area contributed by atoms with Gasteiger partial charge in [-0.05, 0) is 36.4 Å². The highest BCUT2D eigenvalue weighted by atomic mass is 16.5. The molecule has 1 saturated heterocycles. The first kappa shape index (κ1) is 25.3. The van der Waals surface area contributed by atoms with Crippen molar-refractivity contribution in [1.29, 1.82) is 0 Å². The highest BCUT2D eigenvalue weighted by Gasteiger charge is 2.22. The molecule has 1 aliphatic rings. The van der Waals surface area contributed by atoms with Crippen LogP contribution in [-0.2, 0) is 0 Å². The number of carbonyl (C=O) groups excluding carboxylic acids is 1. The standard InChI is InChI=1S/C27H32N4O5/c1-34-23-10-4-3-9-22(23)31-16-14-30(15-17-31)19-20(32)18-29-26(33)21-8-7-13-28-27(21)36-25-12-6-5-11-24(25)35-2/h3-13,20,32H,14-19H2,1-2H3,(H,29,33). The van der Waals surface area contributed by atoms with Gasteiger partial charge in [0.25, 0.3) is 5.91 Å². The predicted octanol–water partition coefficient (Wildman–Crippen LogP) is 2.80. The summed E-state index contributed by atoms with van der Waals surface area (Å²) in [7, 11) is 3.23. The van der Waals surface area contributed by atoms with Gasteiger partial charge in [0.05, 0.1) is 26.0 Å². The smallest absolute Gasteiger partial charge is 0.256 e. The number of aliphatic hydroxyl groups is 1. The summed E-state index contributed by atoms with van der Waals surface area (Å²) >= 11 is 0. The van der Waals surface area contributed by atoms with Gasteiger partial charge in [-0.3, -0.25) is 9.69 Å². The largest absolute Gasteiger partial charge is 0.495 e. The number of pyridine rings is 1. The second-order valence-electron chi connectivity index (χ2n) is 8.43. The van der Waals surface area contributed by atoms with Crippen LogP contribution in [0.15, 0.2) is 66.9 Å². The van der Waals surface area contributed by atoms with Crippen molar-refractivity contribution >= 4 is 11.6 Å². The average molecular weight is 493 g/mol. The molecule has 190 valence electrons. The van der Waals surface area contributed by atoms with Crippen molar-refractivity contribution in [3.63, 3.8) is 0 Å². The van der Waals surface area contributed by atoms with Crippen LogP contribution in [0.3, 0.4) is 0 Å². The average Bonchev–Trinajstić information content (AvgIpc) is 2.92. The number of hydrogen-bond donors (Lipinski definition) is 2. The molecule has 1 unspecified atom stereocenters. The van der Waals surface area contributed by atoms with Crippen LogP contribution in [0.2, 0.25) is 0 Å². The Kier molecular flexibility index (Phi) is 8.59. The minimum atomic E-state index is -0.706. The van der Waals surface area contributed by atoms with E-state index in [-0.39, 0.29) is 23.9 Å². The number of ether oxygens (including phenoxy) is 3. The number of benzene rings is 2. The third-order valence-electron chi connectivity index (χ3n) is 6.06. The number of carbonyl (C=O) groups is 1. The summed E-state index contributed by atoms with van der Waals surface area (Å²) in [6, 6.07) is 18.4. The molecule has 1 amide bonds. The van der Waals surface area contributed by atoms with Crippen molar-refractivity contribution in [2.45, 2.75) is 6.10 Å². The summed E-state index contributed by atoms with van der Waals surface area (Å²) in [5.41, 5.74) is 1.36. The van der Waals surface area contributed by atoms with Crippen LogP contribution in [0.1, 0.15) is 10.4 Å². The van der Waals surface area contributed by atoms with Crippen molar-refractivity contribution in [3.8, 4) is 23.1 Å². The zero-order valence-corrected chi connectivity index (χ0v) is 20.6. The maximum atomic E-state index is 12.9. The molecular weight excluding hydrogens is 460 g/mol. The van der Waals surface area contributed by atoms with E-state index in [1.807, 2.05) is 30.3 Å². The second kappa shape index (κ2) is 12.2. The van der Waals surface area contributed by atoms with Crippen LogP contribution < -0.4 is 24.4 Å². The van der Waals surface area contributed by atoms with Gasteiger partial charge in [0.1, 0.15) is 11.3 Å². The quantitative estimate of drug-likeness (QED) is 0.446. The first-order valence-corrected chi connectivity index (χ1v) is 11.9. The molecule has 36 heavy (non-hydrogen) atoms. The summed E-state index contributed by atoms with van der Waals surface area (Å²) in [6.07, 6.45) is 0.850. The number of aliphatic hydroxyl groups excluding tert-OH is 1. The number of methoxy groups -OCH3 is 2. The van der Waals surface area contributed by atoms with Crippen molar-refractivity contribution in [1.82, 2.24) is 15.2 Å². The minimum absolute atomic E-state index is 0.120. The number of piperazine rings is 1. The zero-order valence-electron chi connectivity index (χ0n) is 20.6. The Hall–Kier alpha value is -3.82. The lowest BCUT2D eigenvalue weighted by atomic mass is 10.2. The molecule has 1 fully saturated rings. The van der Waals surface area contributed by atoms with Gasteiger partial charge in [-0.15, -0.1) is 0 Å². The van der Waals surface area contributed by atoms with E-state index in [0.717, 1.165) is 37.6 Å². The third kappa shape index (κ3) is 6.24.